The van der Waals surface area contributed by atoms with E-state index in [4.69, 9.17) is 32.5 Å². The van der Waals surface area contributed by atoms with Crippen molar-refractivity contribution in [1.29, 1.82) is 0 Å². The van der Waals surface area contributed by atoms with Crippen LogP contribution in [0.5, 0.6) is 5.75 Å². The lowest BCUT2D eigenvalue weighted by molar-refractivity contribution is -0.135. The van der Waals surface area contributed by atoms with Gasteiger partial charge in [-0.25, -0.2) is 5.43 Å². The number of hydrazine groups is 1. The molecule has 170 valence electrons. The molecular formula is C23H21Cl2N5O3. The van der Waals surface area contributed by atoms with Crippen molar-refractivity contribution in [3.63, 3.8) is 0 Å². The number of rotatable bonds is 6. The highest BCUT2D eigenvalue weighted by molar-refractivity contribution is 6.32. The number of carbonyl (C=O) groups is 1. The normalized spacial score (nSPS) is 19.8. The van der Waals surface area contributed by atoms with Crippen LogP contribution >= 0.6 is 23.2 Å². The van der Waals surface area contributed by atoms with Crippen LogP contribution in [0.2, 0.25) is 10.0 Å². The molecule has 1 aromatic heterocycles. The second kappa shape index (κ2) is 9.05. The van der Waals surface area contributed by atoms with Gasteiger partial charge < -0.3 is 19.2 Å². The van der Waals surface area contributed by atoms with Crippen molar-refractivity contribution in [2.24, 2.45) is 0 Å². The molecule has 2 aliphatic rings. The first-order valence-corrected chi connectivity index (χ1v) is 11.3. The van der Waals surface area contributed by atoms with Gasteiger partial charge in [0.05, 0.1) is 17.7 Å². The second-order valence-electron chi connectivity index (χ2n) is 7.75. The van der Waals surface area contributed by atoms with Crippen LogP contribution < -0.4 is 10.2 Å². The van der Waals surface area contributed by atoms with Crippen LogP contribution in [-0.2, 0) is 11.3 Å². The lowest BCUT2D eigenvalue weighted by atomic mass is 10.0. The molecule has 3 heterocycles. The quantitative estimate of drug-likeness (QED) is 0.546. The molecule has 1 N–H and O–H groups in total. The van der Waals surface area contributed by atoms with E-state index < -0.39 is 0 Å². The topological polar surface area (TPSA) is 83.7 Å². The molecule has 1 fully saturated rings. The standard InChI is InChI=1S/C23H21Cl2N5O3/c1-2-32-20-8-5-15(11-17(20)25)18-12-19-23(31)29(9-10-30(19)27-18)13-21-26-22(28-33-21)14-3-6-16(24)7-4-14/h3-11,18-19,27H,2,12-13H2,1H3. The first-order valence-electron chi connectivity index (χ1n) is 10.6. The molecule has 2 aromatic carbocycles. The summed E-state index contributed by atoms with van der Waals surface area (Å²) in [6.45, 7) is 2.66. The summed E-state index contributed by atoms with van der Waals surface area (Å²) in [5.74, 6) is 1.41. The summed E-state index contributed by atoms with van der Waals surface area (Å²) >= 11 is 12.3. The Morgan fingerprint density at radius 1 is 1.18 bits per heavy atom. The zero-order valence-corrected chi connectivity index (χ0v) is 19.3. The number of hydrogen-bond acceptors (Lipinski definition) is 7. The summed E-state index contributed by atoms with van der Waals surface area (Å²) in [5.41, 5.74) is 5.16. The van der Waals surface area contributed by atoms with Crippen molar-refractivity contribution in [1.82, 2.24) is 25.5 Å². The van der Waals surface area contributed by atoms with Gasteiger partial charge in [-0.3, -0.25) is 4.79 Å². The number of amides is 1. The SMILES string of the molecule is CCOc1ccc(C2CC3C(=O)N(Cc4nc(-c5ccc(Cl)cc5)no4)C=CN3N2)cc1Cl. The molecule has 1 amide bonds. The number of benzene rings is 2. The Bertz CT molecular complexity index is 1200. The fourth-order valence-corrected chi connectivity index (χ4v) is 4.34. The molecule has 0 radical (unpaired) electrons. The van der Waals surface area contributed by atoms with Gasteiger partial charge in [0.15, 0.2) is 0 Å². The van der Waals surface area contributed by atoms with Crippen LogP contribution in [-0.4, -0.2) is 38.6 Å². The van der Waals surface area contributed by atoms with Gasteiger partial charge in [0.25, 0.3) is 5.91 Å². The van der Waals surface area contributed by atoms with Crippen LogP contribution in [0.4, 0.5) is 0 Å². The molecule has 0 spiro atoms. The van der Waals surface area contributed by atoms with Crippen LogP contribution in [0.25, 0.3) is 11.4 Å². The van der Waals surface area contributed by atoms with Crippen molar-refractivity contribution < 1.29 is 14.1 Å². The van der Waals surface area contributed by atoms with E-state index in [-0.39, 0.29) is 24.5 Å². The van der Waals surface area contributed by atoms with Gasteiger partial charge in [0, 0.05) is 23.0 Å². The number of carbonyl (C=O) groups excluding carboxylic acids is 1. The van der Waals surface area contributed by atoms with E-state index >= 15 is 0 Å². The third-order valence-electron chi connectivity index (χ3n) is 5.61. The van der Waals surface area contributed by atoms with Crippen molar-refractivity contribution in [3.8, 4) is 17.1 Å². The molecule has 8 nitrogen and oxygen atoms in total. The van der Waals surface area contributed by atoms with Crippen LogP contribution in [0.15, 0.2) is 59.4 Å². The molecule has 5 rings (SSSR count). The average Bonchev–Trinajstić information content (AvgIpc) is 3.46. The number of nitrogens with one attached hydrogen (secondary N) is 1. The lowest BCUT2D eigenvalue weighted by Crippen LogP contribution is -2.47. The van der Waals surface area contributed by atoms with Crippen LogP contribution in [0.3, 0.4) is 0 Å². The van der Waals surface area contributed by atoms with Gasteiger partial charge in [0.1, 0.15) is 18.3 Å². The third kappa shape index (κ3) is 4.42. The van der Waals surface area contributed by atoms with Gasteiger partial charge in [-0.05, 0) is 55.3 Å². The Labute approximate surface area is 200 Å². The lowest BCUT2D eigenvalue weighted by Gasteiger charge is -2.30. The van der Waals surface area contributed by atoms with Crippen molar-refractivity contribution in [2.45, 2.75) is 32.0 Å². The highest BCUT2D eigenvalue weighted by atomic mass is 35.5. The first kappa shape index (κ1) is 21.8. The third-order valence-corrected chi connectivity index (χ3v) is 6.16. The number of ether oxygens (including phenoxy) is 1. The molecule has 2 atom stereocenters. The maximum absolute atomic E-state index is 13.2. The van der Waals surface area contributed by atoms with Gasteiger partial charge in [-0.2, -0.15) is 4.98 Å². The Morgan fingerprint density at radius 3 is 2.76 bits per heavy atom. The van der Waals surface area contributed by atoms with Crippen molar-refractivity contribution >= 4 is 29.1 Å². The fraction of sp³-hybridized carbons (Fsp3) is 0.261. The summed E-state index contributed by atoms with van der Waals surface area (Å²) in [4.78, 5) is 19.2. The van der Waals surface area contributed by atoms with Gasteiger partial charge in [0.2, 0.25) is 11.7 Å². The van der Waals surface area contributed by atoms with Crippen LogP contribution in [0.1, 0.15) is 30.8 Å². The highest BCUT2D eigenvalue weighted by Gasteiger charge is 2.40. The molecule has 33 heavy (non-hydrogen) atoms. The predicted molar refractivity (Wildman–Crippen MR) is 123 cm³/mol. The zero-order chi connectivity index (χ0) is 22.9. The Morgan fingerprint density at radius 2 is 2.00 bits per heavy atom. The molecule has 0 aliphatic carbocycles. The number of halogens is 2. The fourth-order valence-electron chi connectivity index (χ4n) is 3.97. The first-order chi connectivity index (χ1) is 16.0. The molecule has 2 unspecified atom stereocenters. The number of nitrogens with zero attached hydrogens (tertiary/aromatic N) is 4. The molecule has 1 saturated heterocycles. The van der Waals surface area contributed by atoms with E-state index in [0.717, 1.165) is 11.1 Å². The van der Waals surface area contributed by atoms with E-state index in [0.29, 0.717) is 40.5 Å². The minimum absolute atomic E-state index is 0.0448. The number of aromatic nitrogens is 2. The molecule has 10 heteroatoms. The van der Waals surface area contributed by atoms with Gasteiger partial charge in [-0.1, -0.05) is 34.4 Å². The van der Waals surface area contributed by atoms with E-state index in [1.54, 1.807) is 23.2 Å². The maximum Gasteiger partial charge on any atom is 0.251 e. The number of fused-ring (bicyclic) bond motifs is 1. The van der Waals surface area contributed by atoms with E-state index in [1.807, 2.05) is 48.5 Å². The van der Waals surface area contributed by atoms with Crippen LogP contribution in [0, 0.1) is 0 Å². The highest BCUT2D eigenvalue weighted by Crippen LogP contribution is 2.34. The van der Waals surface area contributed by atoms with E-state index in [9.17, 15) is 4.79 Å². The summed E-state index contributed by atoms with van der Waals surface area (Å²) in [7, 11) is 0. The van der Waals surface area contributed by atoms with Gasteiger partial charge in [-0.15, -0.1) is 0 Å². The molecule has 2 aliphatic heterocycles. The largest absolute Gasteiger partial charge is 0.492 e. The van der Waals surface area contributed by atoms with Crippen molar-refractivity contribution in [2.75, 3.05) is 6.61 Å². The summed E-state index contributed by atoms with van der Waals surface area (Å²) in [6, 6.07) is 12.5. The Balaban J connectivity index is 1.26. The smallest absolute Gasteiger partial charge is 0.251 e. The Hall–Kier alpha value is -3.07. The summed E-state index contributed by atoms with van der Waals surface area (Å²) in [6.07, 6.45) is 4.16. The monoisotopic (exact) mass is 485 g/mol. The van der Waals surface area contributed by atoms with E-state index in [2.05, 4.69) is 15.6 Å². The molecule has 0 saturated carbocycles. The minimum Gasteiger partial charge on any atom is -0.492 e. The second-order valence-corrected chi connectivity index (χ2v) is 8.59. The Kier molecular flexibility index (Phi) is 5.97. The summed E-state index contributed by atoms with van der Waals surface area (Å²) in [5, 5.41) is 7.04. The predicted octanol–water partition coefficient (Wildman–Crippen LogP) is 4.58. The van der Waals surface area contributed by atoms with E-state index in [1.165, 1.54) is 0 Å². The maximum atomic E-state index is 13.2. The zero-order valence-electron chi connectivity index (χ0n) is 17.7. The number of hydrogen-bond donors (Lipinski definition) is 1. The molecule has 3 aromatic rings. The molecular weight excluding hydrogens is 465 g/mol. The van der Waals surface area contributed by atoms with Crippen molar-refractivity contribution in [3.05, 3.63) is 76.4 Å². The molecule has 0 bridgehead atoms. The van der Waals surface area contributed by atoms with Gasteiger partial charge >= 0.3 is 0 Å². The minimum atomic E-state index is -0.344. The summed E-state index contributed by atoms with van der Waals surface area (Å²) < 4.78 is 10.9. The average molecular weight is 486 g/mol.